The zero-order chi connectivity index (χ0) is 13.0. The Balaban J connectivity index is 2.37. The Labute approximate surface area is 112 Å². The second-order valence-corrected chi connectivity index (χ2v) is 4.52. The summed E-state index contributed by atoms with van der Waals surface area (Å²) in [6.45, 7) is 2.03. The van der Waals surface area contributed by atoms with Crippen molar-refractivity contribution in [1.29, 1.82) is 5.26 Å². The third-order valence-electron chi connectivity index (χ3n) is 2.66. The molecule has 0 radical (unpaired) electrons. The molecule has 0 unspecified atom stereocenters. The molecule has 0 aliphatic rings. The van der Waals surface area contributed by atoms with Crippen LogP contribution in [-0.2, 0) is 0 Å². The molecule has 1 nitrogen and oxygen atoms in total. The van der Waals surface area contributed by atoms with Crippen molar-refractivity contribution in [1.82, 2.24) is 0 Å². The third-order valence-corrected chi connectivity index (χ3v) is 2.92. The molecular weight excluding hydrogens is 242 g/mol. The van der Waals surface area contributed by atoms with Crippen LogP contribution >= 0.6 is 11.6 Å². The van der Waals surface area contributed by atoms with Gasteiger partial charge in [0.1, 0.15) is 0 Å². The van der Waals surface area contributed by atoms with E-state index in [4.69, 9.17) is 11.6 Å². The van der Waals surface area contributed by atoms with Crippen LogP contribution in [0.2, 0.25) is 5.02 Å². The molecule has 0 aliphatic heterocycles. The minimum Gasteiger partial charge on any atom is -0.192 e. The van der Waals surface area contributed by atoms with Crippen molar-refractivity contribution in [3.05, 3.63) is 70.2 Å². The first-order chi connectivity index (χ1) is 8.69. The highest BCUT2D eigenvalue weighted by molar-refractivity contribution is 6.30. The lowest BCUT2D eigenvalue weighted by molar-refractivity contribution is 1.45. The topological polar surface area (TPSA) is 23.8 Å². The largest absolute Gasteiger partial charge is 0.192 e. The van der Waals surface area contributed by atoms with Crippen molar-refractivity contribution in [3.63, 3.8) is 0 Å². The average molecular weight is 254 g/mol. The predicted octanol–water partition coefficient (Wildman–Crippen LogP) is 4.71. The average Bonchev–Trinajstić information content (AvgIpc) is 2.39. The molecule has 2 aromatic rings. The number of nitriles is 1. The van der Waals surface area contributed by atoms with Crippen LogP contribution in [0.4, 0.5) is 0 Å². The quantitative estimate of drug-likeness (QED) is 0.562. The van der Waals surface area contributed by atoms with Crippen molar-refractivity contribution in [2.45, 2.75) is 6.92 Å². The zero-order valence-corrected chi connectivity index (χ0v) is 10.8. The normalized spacial score (nSPS) is 11.1. The lowest BCUT2D eigenvalue weighted by atomic mass is 10.0. The number of benzene rings is 2. The van der Waals surface area contributed by atoms with Crippen molar-refractivity contribution < 1.29 is 0 Å². The highest BCUT2D eigenvalue weighted by Gasteiger charge is 2.00. The molecule has 0 aromatic heterocycles. The van der Waals surface area contributed by atoms with Gasteiger partial charge < -0.3 is 0 Å². The lowest BCUT2D eigenvalue weighted by Gasteiger charge is -2.01. The monoisotopic (exact) mass is 253 g/mol. The van der Waals surface area contributed by atoms with Crippen molar-refractivity contribution in [2.75, 3.05) is 0 Å². The highest BCUT2D eigenvalue weighted by atomic mass is 35.5. The first-order valence-corrected chi connectivity index (χ1v) is 6.01. The Bertz CT molecular complexity index is 601. The van der Waals surface area contributed by atoms with Gasteiger partial charge in [0.05, 0.1) is 11.6 Å². The Hall–Kier alpha value is -2.04. The van der Waals surface area contributed by atoms with Crippen LogP contribution in [0.25, 0.3) is 11.6 Å². The number of hydrogen-bond donors (Lipinski definition) is 0. The summed E-state index contributed by atoms with van der Waals surface area (Å²) in [5, 5.41) is 9.92. The molecule has 0 saturated carbocycles. The molecule has 18 heavy (non-hydrogen) atoms. The van der Waals surface area contributed by atoms with Gasteiger partial charge in [-0.1, -0.05) is 53.6 Å². The Morgan fingerprint density at radius 3 is 2.22 bits per heavy atom. The van der Waals surface area contributed by atoms with E-state index < -0.39 is 0 Å². The second kappa shape index (κ2) is 5.53. The Morgan fingerprint density at radius 2 is 1.67 bits per heavy atom. The van der Waals surface area contributed by atoms with Gasteiger partial charge in [0, 0.05) is 5.02 Å². The van der Waals surface area contributed by atoms with E-state index in [0.717, 1.165) is 11.1 Å². The number of halogens is 1. The van der Waals surface area contributed by atoms with Gasteiger partial charge >= 0.3 is 0 Å². The van der Waals surface area contributed by atoms with E-state index in [1.54, 1.807) is 0 Å². The maximum atomic E-state index is 9.22. The maximum Gasteiger partial charge on any atom is 0.0998 e. The van der Waals surface area contributed by atoms with E-state index in [2.05, 4.69) is 6.07 Å². The molecular formula is C16H12ClN. The number of hydrogen-bond acceptors (Lipinski definition) is 1. The fraction of sp³-hybridized carbons (Fsp3) is 0.0625. The number of rotatable bonds is 2. The van der Waals surface area contributed by atoms with Gasteiger partial charge in [0.15, 0.2) is 0 Å². The molecule has 0 atom stereocenters. The SMILES string of the molecule is Cc1ccc(C(C#N)=Cc2ccc(Cl)cc2)cc1. The van der Waals surface area contributed by atoms with Gasteiger partial charge in [-0.05, 0) is 36.3 Å². The van der Waals surface area contributed by atoms with Crippen LogP contribution in [0.1, 0.15) is 16.7 Å². The van der Waals surface area contributed by atoms with Crippen molar-refractivity contribution >= 4 is 23.3 Å². The van der Waals surface area contributed by atoms with Crippen molar-refractivity contribution in [2.24, 2.45) is 0 Å². The predicted molar refractivity (Wildman–Crippen MR) is 76.1 cm³/mol. The van der Waals surface area contributed by atoms with Crippen LogP contribution in [-0.4, -0.2) is 0 Å². The van der Waals surface area contributed by atoms with Crippen molar-refractivity contribution in [3.8, 4) is 6.07 Å². The maximum absolute atomic E-state index is 9.22. The van der Waals surface area contributed by atoms with E-state index in [1.807, 2.05) is 61.5 Å². The summed E-state index contributed by atoms with van der Waals surface area (Å²) >= 11 is 5.83. The van der Waals surface area contributed by atoms with E-state index >= 15 is 0 Å². The van der Waals surface area contributed by atoms with Crippen LogP contribution in [0.15, 0.2) is 48.5 Å². The molecule has 2 heteroatoms. The van der Waals surface area contributed by atoms with E-state index in [0.29, 0.717) is 10.6 Å². The summed E-state index contributed by atoms with van der Waals surface area (Å²) in [7, 11) is 0. The van der Waals surface area contributed by atoms with E-state index in [1.165, 1.54) is 5.56 Å². The standard InChI is InChI=1S/C16H12ClN/c1-12-2-6-14(7-3-12)15(11-18)10-13-4-8-16(17)9-5-13/h2-10H,1H3. The first-order valence-electron chi connectivity index (χ1n) is 5.63. The van der Waals surface area contributed by atoms with Gasteiger partial charge in [0.25, 0.3) is 0 Å². The Kier molecular flexibility index (Phi) is 3.82. The molecule has 2 aromatic carbocycles. The van der Waals surface area contributed by atoms with Gasteiger partial charge in [-0.15, -0.1) is 0 Å². The lowest BCUT2D eigenvalue weighted by Crippen LogP contribution is -1.82. The summed E-state index contributed by atoms with van der Waals surface area (Å²) < 4.78 is 0. The van der Waals surface area contributed by atoms with Gasteiger partial charge in [-0.2, -0.15) is 5.26 Å². The van der Waals surface area contributed by atoms with Crippen LogP contribution in [0.5, 0.6) is 0 Å². The summed E-state index contributed by atoms with van der Waals surface area (Å²) in [6, 6.07) is 17.6. The summed E-state index contributed by atoms with van der Waals surface area (Å²) in [6.07, 6.45) is 1.86. The van der Waals surface area contributed by atoms with Crippen LogP contribution in [0, 0.1) is 18.3 Å². The van der Waals surface area contributed by atoms with Crippen LogP contribution < -0.4 is 0 Å². The third kappa shape index (κ3) is 3.00. The minimum atomic E-state index is 0.650. The fourth-order valence-corrected chi connectivity index (χ4v) is 1.76. The number of allylic oxidation sites excluding steroid dienone is 1. The minimum absolute atomic E-state index is 0.650. The fourth-order valence-electron chi connectivity index (χ4n) is 1.64. The summed E-state index contributed by atoms with van der Waals surface area (Å²) in [5.41, 5.74) is 3.73. The number of aryl methyl sites for hydroxylation is 1. The molecule has 2 rings (SSSR count). The smallest absolute Gasteiger partial charge is 0.0998 e. The van der Waals surface area contributed by atoms with E-state index in [9.17, 15) is 5.26 Å². The molecule has 0 fully saturated rings. The van der Waals surface area contributed by atoms with Gasteiger partial charge in [-0.3, -0.25) is 0 Å². The molecule has 88 valence electrons. The molecule has 0 amide bonds. The Morgan fingerprint density at radius 1 is 1.06 bits per heavy atom. The van der Waals surface area contributed by atoms with Gasteiger partial charge in [0.2, 0.25) is 0 Å². The number of nitrogens with zero attached hydrogens (tertiary/aromatic N) is 1. The molecule has 0 saturated heterocycles. The summed E-state index contributed by atoms with van der Waals surface area (Å²) in [5.74, 6) is 0. The molecule has 0 heterocycles. The summed E-state index contributed by atoms with van der Waals surface area (Å²) in [4.78, 5) is 0. The zero-order valence-electron chi connectivity index (χ0n) is 10.0. The highest BCUT2D eigenvalue weighted by Crippen LogP contribution is 2.19. The molecule has 0 bridgehead atoms. The molecule has 0 aliphatic carbocycles. The van der Waals surface area contributed by atoms with Gasteiger partial charge in [-0.25, -0.2) is 0 Å². The molecule has 0 spiro atoms. The van der Waals surface area contributed by atoms with E-state index in [-0.39, 0.29) is 0 Å². The second-order valence-electron chi connectivity index (χ2n) is 4.09. The first kappa shape index (κ1) is 12.4. The van der Waals surface area contributed by atoms with Crippen LogP contribution in [0.3, 0.4) is 0 Å². The molecule has 0 N–H and O–H groups in total.